The van der Waals surface area contributed by atoms with E-state index >= 15 is 0 Å². The number of hydrogen-bond donors (Lipinski definition) is 9. The highest BCUT2D eigenvalue weighted by molar-refractivity contribution is 8.08. The first kappa shape index (κ1) is 58.4. The Kier molecular flexibility index (Phi) is 17.3. The number of anilines is 2. The molecule has 30 heteroatoms. The molecule has 0 saturated carbocycles. The Morgan fingerprint density at radius 2 is 1.73 bits per heavy atom. The quantitative estimate of drug-likeness (QED) is 0.0303. The van der Waals surface area contributed by atoms with Gasteiger partial charge in [-0.05, 0) is 88.9 Å². The van der Waals surface area contributed by atoms with Crippen LogP contribution in [0.3, 0.4) is 0 Å². The summed E-state index contributed by atoms with van der Waals surface area (Å²) in [6.45, 7) is 2.67. The lowest BCUT2D eigenvalue weighted by Crippen LogP contribution is -2.43. The maximum atomic E-state index is 14.5. The fraction of sp³-hybridized carbons (Fsp3) is 0.438. The number of H-pyrrole nitrogens is 1. The highest BCUT2D eigenvalue weighted by atomic mass is 32.5. The summed E-state index contributed by atoms with van der Waals surface area (Å²) in [5, 5.41) is 18.8. The Labute approximate surface area is 452 Å². The van der Waals surface area contributed by atoms with Crippen LogP contribution in [0.4, 0.5) is 16.4 Å². The van der Waals surface area contributed by atoms with E-state index in [4.69, 9.17) is 19.7 Å². The zero-order chi connectivity index (χ0) is 56.6. The van der Waals surface area contributed by atoms with Crippen LogP contribution in [-0.2, 0) is 60.2 Å². The third kappa shape index (κ3) is 12.8. The number of ether oxygens (including phenoxy) is 2. The molecule has 78 heavy (non-hydrogen) atoms. The summed E-state index contributed by atoms with van der Waals surface area (Å²) in [6.07, 6.45) is -4.56. The minimum Gasteiger partial charge on any atom is -0.439 e. The molecule has 0 bridgehead atoms. The number of nitrogen functional groups attached to an aromatic ring is 1. The van der Waals surface area contributed by atoms with Crippen molar-refractivity contribution >= 4 is 80.5 Å². The number of phosphoric ester groups is 1. The van der Waals surface area contributed by atoms with Gasteiger partial charge in [0.2, 0.25) is 17.2 Å². The van der Waals surface area contributed by atoms with Gasteiger partial charge in [0.05, 0.1) is 12.9 Å². The molecule has 8 rings (SSSR count). The third-order valence-electron chi connectivity index (χ3n) is 13.7. The van der Waals surface area contributed by atoms with Crippen LogP contribution in [0, 0.1) is 0 Å². The van der Waals surface area contributed by atoms with Crippen molar-refractivity contribution < 1.29 is 70.8 Å². The van der Waals surface area contributed by atoms with Crippen LogP contribution >= 0.6 is 22.4 Å². The van der Waals surface area contributed by atoms with Gasteiger partial charge in [-0.15, -0.1) is 0 Å². The fourth-order valence-electron chi connectivity index (χ4n) is 9.99. The average molecular weight is 1160 g/mol. The molecule has 420 valence electrons. The number of nitrogens with two attached hydrogens (primary N) is 1. The molecular weight excluding hydrogens is 1100 g/mol. The second-order valence-corrected chi connectivity index (χ2v) is 25.4. The zero-order valence-electron chi connectivity index (χ0n) is 43.4. The van der Waals surface area contributed by atoms with Crippen LogP contribution < -0.4 is 42.0 Å². The smallest absolute Gasteiger partial charge is 0.439 e. The summed E-state index contributed by atoms with van der Waals surface area (Å²) in [5.41, 5.74) is 12.3. The molecule has 10 N–H and O–H groups in total. The number of benzene rings is 3. The Hall–Kier alpha value is -5.76. The van der Waals surface area contributed by atoms with Crippen LogP contribution in [-0.4, -0.2) is 146 Å². The van der Waals surface area contributed by atoms with E-state index < -0.39 is 65.2 Å². The van der Waals surface area contributed by atoms with Crippen LogP contribution in [0.5, 0.6) is 0 Å². The van der Waals surface area contributed by atoms with E-state index in [9.17, 15) is 53.0 Å². The van der Waals surface area contributed by atoms with Crippen molar-refractivity contribution in [3.63, 3.8) is 0 Å². The van der Waals surface area contributed by atoms with Crippen molar-refractivity contribution in [3.05, 3.63) is 115 Å². The molecule has 5 aromatic rings. The topological polar surface area (TPSA) is 356 Å². The minimum atomic E-state index is -5.69. The average Bonchev–Trinajstić information content (AvgIpc) is 3.94. The largest absolute Gasteiger partial charge is 0.488 e. The second-order valence-electron chi connectivity index (χ2n) is 19.6. The van der Waals surface area contributed by atoms with Crippen LogP contribution in [0.1, 0.15) is 84.4 Å². The molecule has 2 unspecified atom stereocenters. The molecule has 2 aromatic heterocycles. The lowest BCUT2D eigenvalue weighted by atomic mass is 9.68. The number of aryl methyl sites for hydroxylation is 1. The molecule has 3 aromatic carbocycles. The second kappa shape index (κ2) is 23.1. The number of aliphatic hydroxyl groups is 1. The molecule has 1 aliphatic carbocycles. The van der Waals surface area contributed by atoms with Gasteiger partial charge < -0.3 is 60.3 Å². The first-order valence-corrected chi connectivity index (χ1v) is 30.3. The van der Waals surface area contributed by atoms with Crippen LogP contribution in [0.15, 0.2) is 65.7 Å². The van der Waals surface area contributed by atoms with Crippen molar-refractivity contribution in [1.82, 2.24) is 39.6 Å². The molecule has 6 atom stereocenters. The lowest BCUT2D eigenvalue weighted by Gasteiger charge is -2.36. The molecule has 26 nitrogen and oxygen atoms in total. The molecule has 0 radical (unpaired) electrons. The van der Waals surface area contributed by atoms with Crippen LogP contribution in [0.25, 0.3) is 16.7 Å². The number of carbonyl (C=O) groups excluding carboxylic acids is 3. The van der Waals surface area contributed by atoms with Gasteiger partial charge in [0.15, 0.2) is 23.5 Å². The van der Waals surface area contributed by atoms with Crippen molar-refractivity contribution in [1.29, 1.82) is 0 Å². The predicted molar refractivity (Wildman–Crippen MR) is 288 cm³/mol. The monoisotopic (exact) mass is 1160 g/mol. The van der Waals surface area contributed by atoms with E-state index in [1.807, 2.05) is 38.4 Å². The lowest BCUT2D eigenvalue weighted by molar-refractivity contribution is -0.121. The zero-order valence-corrected chi connectivity index (χ0v) is 46.9. The molecule has 0 spiro atoms. The fourth-order valence-corrected chi connectivity index (χ4v) is 13.8. The summed E-state index contributed by atoms with van der Waals surface area (Å²) in [4.78, 5) is 105. The number of fused-ring (bicyclic) bond motifs is 4. The predicted octanol–water partition coefficient (Wildman–Crippen LogP) is 1.59. The standard InChI is InChI=1S/C48H61N10O16P3S/c1-7-57-21-10-12-27-22-32-34(24-35(27)57)48(2,3)33-23-28(55(4)5)16-17-31(33)38(32)29-13-8-9-14-30(29)44(62)56(6)20-11-15-37(59)50-18-19-51-47(63)72-41-40(60)36(25-70-75(64,65)73-76(66,67)74-77(68,69)78)71-45(41)58-26-52-39-42(58)53-46(49)54-43(39)61/h8-9,13-14,16-17,22-24,26,36,40-41,45,60H,7,10-12,15,18-21,25H2,1-6H3,(H8-,49,50,51,53,54,59,61,63,64,65,66,67,68,69,78)/p+1/t36-,40-,41-,45-/m1/s1. The van der Waals surface area contributed by atoms with Crippen molar-refractivity contribution in [2.45, 2.75) is 76.4 Å². The Morgan fingerprint density at radius 1 is 1.00 bits per heavy atom. The molecule has 1 saturated heterocycles. The maximum absolute atomic E-state index is 14.5. The van der Waals surface area contributed by atoms with Crippen molar-refractivity contribution in [2.24, 2.45) is 0 Å². The van der Waals surface area contributed by atoms with Crippen molar-refractivity contribution in [3.8, 4) is 0 Å². The van der Waals surface area contributed by atoms with Gasteiger partial charge in [0, 0.05) is 81.9 Å². The van der Waals surface area contributed by atoms with E-state index in [1.54, 1.807) is 11.9 Å². The number of imidazole rings is 1. The number of hydrogen-bond acceptors (Lipinski definition) is 17. The SMILES string of the molecule is CC[N+]1=c2cc3c(cc2CCC1)=C(c1ccccc1C(=O)N(C)CCCC(=O)NCCNC(=O)O[C@@H]1[C@H](O)[C@@H](COP(=O)(O)OP(=O)(O)OP(O)(O)=S)O[C@H]1n1cnc2c(=O)[nH]c(N)nc21)c1ccc(N(C)C)cc1C3(C)C. The summed E-state index contributed by atoms with van der Waals surface area (Å²) < 4.78 is 52.0. The molecular formula is C48H62N10O16P3S+. The molecule has 2 aliphatic heterocycles. The third-order valence-corrected chi connectivity index (χ3v) is 18.1. The molecule has 1 fully saturated rings. The van der Waals surface area contributed by atoms with Crippen molar-refractivity contribution in [2.75, 3.05) is 71.1 Å². The number of alkyl carbamates (subject to hydrolysis) is 1. The number of aliphatic hydroxyl groups excluding tert-OH is 1. The Morgan fingerprint density at radius 3 is 2.45 bits per heavy atom. The number of nitrogens with zero attached hydrogens (tertiary/aromatic N) is 6. The van der Waals surface area contributed by atoms with Gasteiger partial charge in [-0.1, -0.05) is 38.1 Å². The highest BCUT2D eigenvalue weighted by Gasteiger charge is 2.50. The Balaban J connectivity index is 0.897. The number of phosphoric acid groups is 2. The van der Waals surface area contributed by atoms with E-state index in [2.05, 4.69) is 107 Å². The molecule has 3 aliphatic rings. The van der Waals surface area contributed by atoms with Gasteiger partial charge >= 0.3 is 28.5 Å². The van der Waals surface area contributed by atoms with Gasteiger partial charge in [-0.25, -0.2) is 27.8 Å². The molecule has 4 heterocycles. The van der Waals surface area contributed by atoms with E-state index in [-0.39, 0.29) is 60.4 Å². The first-order valence-electron chi connectivity index (χ1n) is 24.7. The molecule has 3 amide bonds. The van der Waals surface area contributed by atoms with E-state index in [1.165, 1.54) is 22.0 Å². The van der Waals surface area contributed by atoms with E-state index in [0.717, 1.165) is 64.4 Å². The normalized spacial score (nSPS) is 20.2. The summed E-state index contributed by atoms with van der Waals surface area (Å²) >= 11 is 4.09. The number of carbonyl (C=O) groups is 3. The number of aromatic nitrogens is 4. The van der Waals surface area contributed by atoms with Gasteiger partial charge in [0.25, 0.3) is 11.5 Å². The minimum absolute atomic E-state index is 0.0374. The van der Waals surface area contributed by atoms with E-state index in [0.29, 0.717) is 12.0 Å². The first-order chi connectivity index (χ1) is 36.7. The summed E-state index contributed by atoms with van der Waals surface area (Å²) in [6, 6.07) is 18.9. The summed E-state index contributed by atoms with van der Waals surface area (Å²) in [5.74, 6) is -0.916. The number of rotatable bonds is 20. The van der Waals surface area contributed by atoms with Gasteiger partial charge in [-0.3, -0.25) is 28.5 Å². The highest BCUT2D eigenvalue weighted by Crippen LogP contribution is 2.66. The number of nitrogens with one attached hydrogen (secondary N) is 3. The van der Waals surface area contributed by atoms with Gasteiger partial charge in [-0.2, -0.15) is 9.29 Å². The number of amides is 3. The van der Waals surface area contributed by atoms with Crippen LogP contribution in [0.2, 0.25) is 0 Å². The number of aromatic amines is 1. The summed E-state index contributed by atoms with van der Waals surface area (Å²) in [7, 11) is -5.54. The van der Waals surface area contributed by atoms with Gasteiger partial charge in [0.1, 0.15) is 25.3 Å². The Bertz CT molecular complexity index is 3520. The maximum Gasteiger partial charge on any atom is 0.488 e.